The van der Waals surface area contributed by atoms with Crippen molar-refractivity contribution >= 4 is 34.2 Å². The number of anilines is 1. The predicted octanol–water partition coefficient (Wildman–Crippen LogP) is 2.79. The monoisotopic (exact) mass is 286 g/mol. The van der Waals surface area contributed by atoms with Crippen LogP contribution in [0.5, 0.6) is 0 Å². The molecule has 0 atom stereocenters. The molecule has 0 aliphatic heterocycles. The second kappa shape index (κ2) is 5.30. The molecule has 2 N–H and O–H groups in total. The number of carbonyl (C=O) groups excluding carboxylic acids is 1. The average Bonchev–Trinajstić information content (AvgIpc) is 2.91. The maximum absolute atomic E-state index is 12.1. The fourth-order valence-electron chi connectivity index (χ4n) is 1.98. The molecule has 0 unspecified atom stereocenters. The Bertz CT molecular complexity index is 768. The second-order valence-corrected chi connectivity index (χ2v) is 4.72. The Kier molecular flexibility index (Phi) is 3.35. The number of aromatic nitrogens is 3. The number of halogens is 1. The van der Waals surface area contributed by atoms with Crippen LogP contribution in [0.2, 0.25) is 5.02 Å². The molecule has 0 saturated heterocycles. The van der Waals surface area contributed by atoms with Gasteiger partial charge in [0.2, 0.25) is 5.91 Å². The first-order chi connectivity index (χ1) is 9.74. The number of carbonyl (C=O) groups is 1. The van der Waals surface area contributed by atoms with E-state index in [1.54, 1.807) is 12.1 Å². The molecule has 0 aliphatic rings. The van der Waals surface area contributed by atoms with Crippen LogP contribution in [0.1, 0.15) is 5.56 Å². The Hall–Kier alpha value is -2.40. The number of benzene rings is 2. The molecule has 0 bridgehead atoms. The zero-order chi connectivity index (χ0) is 13.9. The number of hydrogen-bond donors (Lipinski definition) is 2. The van der Waals surface area contributed by atoms with Gasteiger partial charge in [-0.3, -0.25) is 4.79 Å². The summed E-state index contributed by atoms with van der Waals surface area (Å²) in [5, 5.41) is 13.9. The van der Waals surface area contributed by atoms with E-state index in [1.165, 1.54) is 0 Å². The first-order valence-corrected chi connectivity index (χ1v) is 6.44. The maximum Gasteiger partial charge on any atom is 0.228 e. The van der Waals surface area contributed by atoms with E-state index in [0.29, 0.717) is 21.7 Å². The molecule has 3 aromatic rings. The summed E-state index contributed by atoms with van der Waals surface area (Å²) >= 11 is 6.04. The Balaban J connectivity index is 1.80. The van der Waals surface area contributed by atoms with Crippen molar-refractivity contribution in [2.75, 3.05) is 5.32 Å². The number of H-pyrrole nitrogens is 1. The summed E-state index contributed by atoms with van der Waals surface area (Å²) < 4.78 is 0. The Morgan fingerprint density at radius 3 is 2.85 bits per heavy atom. The van der Waals surface area contributed by atoms with E-state index in [4.69, 9.17) is 11.6 Å². The fourth-order valence-corrected chi connectivity index (χ4v) is 2.18. The molecule has 0 aliphatic carbocycles. The molecular formula is C14H11ClN4O. The molecule has 2 aromatic carbocycles. The van der Waals surface area contributed by atoms with Gasteiger partial charge in [-0.15, -0.1) is 0 Å². The standard InChI is InChI=1S/C14H11ClN4O/c15-10-5-2-1-4-9(10)8-13(20)16-11-6-3-7-12-14(11)18-19-17-12/h1-7H,8H2,(H,16,20)(H,17,18,19). The molecule has 20 heavy (non-hydrogen) atoms. The van der Waals surface area contributed by atoms with E-state index >= 15 is 0 Å². The molecule has 1 amide bonds. The molecule has 100 valence electrons. The molecule has 1 aromatic heterocycles. The Morgan fingerprint density at radius 2 is 2.00 bits per heavy atom. The smallest absolute Gasteiger partial charge is 0.228 e. The molecule has 3 rings (SSSR count). The third-order valence-electron chi connectivity index (χ3n) is 2.93. The molecular weight excluding hydrogens is 276 g/mol. The molecule has 6 heteroatoms. The Morgan fingerprint density at radius 1 is 1.15 bits per heavy atom. The number of hydrogen-bond acceptors (Lipinski definition) is 3. The van der Waals surface area contributed by atoms with E-state index in [9.17, 15) is 4.79 Å². The quantitative estimate of drug-likeness (QED) is 0.778. The van der Waals surface area contributed by atoms with E-state index in [1.807, 2.05) is 30.3 Å². The van der Waals surface area contributed by atoms with Gasteiger partial charge in [0, 0.05) is 5.02 Å². The third kappa shape index (κ3) is 2.48. The highest BCUT2D eigenvalue weighted by Crippen LogP contribution is 2.20. The summed E-state index contributed by atoms with van der Waals surface area (Å²) in [6.45, 7) is 0. The minimum Gasteiger partial charge on any atom is -0.324 e. The third-order valence-corrected chi connectivity index (χ3v) is 3.30. The van der Waals surface area contributed by atoms with Gasteiger partial charge in [-0.1, -0.05) is 35.9 Å². The molecule has 5 nitrogen and oxygen atoms in total. The van der Waals surface area contributed by atoms with Gasteiger partial charge in [-0.25, -0.2) is 0 Å². The van der Waals surface area contributed by atoms with E-state index < -0.39 is 0 Å². The van der Waals surface area contributed by atoms with Gasteiger partial charge in [0.15, 0.2) is 0 Å². The van der Waals surface area contributed by atoms with Crippen LogP contribution in [0.15, 0.2) is 42.5 Å². The van der Waals surface area contributed by atoms with Crippen LogP contribution in [0.4, 0.5) is 5.69 Å². The minimum absolute atomic E-state index is 0.145. The summed E-state index contributed by atoms with van der Waals surface area (Å²) in [7, 11) is 0. The fraction of sp³-hybridized carbons (Fsp3) is 0.0714. The summed E-state index contributed by atoms with van der Waals surface area (Å²) in [6.07, 6.45) is 0.216. The van der Waals surface area contributed by atoms with Crippen LogP contribution in [0, 0.1) is 0 Å². The van der Waals surface area contributed by atoms with Crippen LogP contribution in [-0.4, -0.2) is 21.3 Å². The van der Waals surface area contributed by atoms with Crippen molar-refractivity contribution in [2.24, 2.45) is 0 Å². The van der Waals surface area contributed by atoms with Gasteiger partial charge >= 0.3 is 0 Å². The lowest BCUT2D eigenvalue weighted by atomic mass is 10.1. The van der Waals surface area contributed by atoms with Crippen LogP contribution >= 0.6 is 11.6 Å². The number of fused-ring (bicyclic) bond motifs is 1. The Labute approximate surface area is 120 Å². The SMILES string of the molecule is O=C(Cc1ccccc1Cl)Nc1cccc2n[nH]nc12. The first-order valence-electron chi connectivity index (χ1n) is 6.07. The molecule has 0 spiro atoms. The van der Waals surface area contributed by atoms with Crippen molar-refractivity contribution in [1.82, 2.24) is 15.4 Å². The zero-order valence-electron chi connectivity index (χ0n) is 10.4. The summed E-state index contributed by atoms with van der Waals surface area (Å²) in [6, 6.07) is 12.7. The predicted molar refractivity (Wildman–Crippen MR) is 77.7 cm³/mol. The van der Waals surface area contributed by atoms with Crippen molar-refractivity contribution in [3.63, 3.8) is 0 Å². The van der Waals surface area contributed by atoms with Crippen molar-refractivity contribution in [3.05, 3.63) is 53.1 Å². The summed E-state index contributed by atoms with van der Waals surface area (Å²) in [5.74, 6) is -0.145. The number of nitrogens with one attached hydrogen (secondary N) is 2. The first kappa shape index (κ1) is 12.6. The van der Waals surface area contributed by atoms with Crippen LogP contribution < -0.4 is 5.32 Å². The molecule has 0 radical (unpaired) electrons. The van der Waals surface area contributed by atoms with Crippen molar-refractivity contribution in [2.45, 2.75) is 6.42 Å². The number of para-hydroxylation sites is 1. The van der Waals surface area contributed by atoms with Gasteiger partial charge in [-0.05, 0) is 23.8 Å². The number of nitrogens with zero attached hydrogens (tertiary/aromatic N) is 2. The summed E-state index contributed by atoms with van der Waals surface area (Å²) in [4.78, 5) is 12.1. The van der Waals surface area contributed by atoms with Crippen LogP contribution in [0.25, 0.3) is 11.0 Å². The molecule has 1 heterocycles. The number of amides is 1. The van der Waals surface area contributed by atoms with Crippen molar-refractivity contribution in [1.29, 1.82) is 0 Å². The minimum atomic E-state index is -0.145. The normalized spacial score (nSPS) is 10.7. The average molecular weight is 287 g/mol. The lowest BCUT2D eigenvalue weighted by molar-refractivity contribution is -0.115. The highest BCUT2D eigenvalue weighted by atomic mass is 35.5. The van der Waals surface area contributed by atoms with Gasteiger partial charge in [-0.2, -0.15) is 15.4 Å². The molecule has 0 fully saturated rings. The van der Waals surface area contributed by atoms with Crippen LogP contribution in [-0.2, 0) is 11.2 Å². The van der Waals surface area contributed by atoms with Crippen LogP contribution in [0.3, 0.4) is 0 Å². The van der Waals surface area contributed by atoms with Crippen molar-refractivity contribution in [3.8, 4) is 0 Å². The lowest BCUT2D eigenvalue weighted by Crippen LogP contribution is -2.14. The van der Waals surface area contributed by atoms with Gasteiger partial charge in [0.05, 0.1) is 12.1 Å². The van der Waals surface area contributed by atoms with Gasteiger partial charge < -0.3 is 5.32 Å². The number of aromatic amines is 1. The highest BCUT2D eigenvalue weighted by Gasteiger charge is 2.10. The van der Waals surface area contributed by atoms with E-state index in [-0.39, 0.29) is 12.3 Å². The second-order valence-electron chi connectivity index (χ2n) is 4.31. The van der Waals surface area contributed by atoms with E-state index in [0.717, 1.165) is 5.56 Å². The zero-order valence-corrected chi connectivity index (χ0v) is 11.2. The van der Waals surface area contributed by atoms with Crippen molar-refractivity contribution < 1.29 is 4.79 Å². The highest BCUT2D eigenvalue weighted by molar-refractivity contribution is 6.31. The maximum atomic E-state index is 12.1. The lowest BCUT2D eigenvalue weighted by Gasteiger charge is -2.06. The van der Waals surface area contributed by atoms with E-state index in [2.05, 4.69) is 20.7 Å². The topological polar surface area (TPSA) is 70.7 Å². The molecule has 0 saturated carbocycles. The van der Waals surface area contributed by atoms with Gasteiger partial charge in [0.25, 0.3) is 0 Å². The number of rotatable bonds is 3. The van der Waals surface area contributed by atoms with Gasteiger partial charge in [0.1, 0.15) is 11.0 Å². The largest absolute Gasteiger partial charge is 0.324 e. The summed E-state index contributed by atoms with van der Waals surface area (Å²) in [5.41, 5.74) is 2.77.